The molecule has 0 saturated heterocycles. The lowest BCUT2D eigenvalue weighted by molar-refractivity contribution is 0.346. The van der Waals surface area contributed by atoms with Gasteiger partial charge in [-0.25, -0.2) is 0 Å². The van der Waals surface area contributed by atoms with Crippen LogP contribution in [0.4, 0.5) is 0 Å². The highest BCUT2D eigenvalue weighted by Crippen LogP contribution is 2.39. The lowest BCUT2D eigenvalue weighted by Crippen LogP contribution is -2.27. The molecule has 1 nitrogen and oxygen atoms in total. The number of thiophene rings is 1. The van der Waals surface area contributed by atoms with Gasteiger partial charge < -0.3 is 5.32 Å². The van der Waals surface area contributed by atoms with Gasteiger partial charge in [0.1, 0.15) is 0 Å². The quantitative estimate of drug-likeness (QED) is 0.678. The molecule has 0 aromatic carbocycles. The predicted octanol–water partition coefficient (Wildman–Crippen LogP) is 5.64. The van der Waals surface area contributed by atoms with E-state index in [9.17, 15) is 0 Å². The molecule has 0 aliphatic rings. The van der Waals surface area contributed by atoms with E-state index in [1.807, 2.05) is 0 Å². The van der Waals surface area contributed by atoms with E-state index in [4.69, 9.17) is 11.6 Å². The molecule has 0 amide bonds. The first kappa shape index (κ1) is 15.5. The number of halogens is 2. The van der Waals surface area contributed by atoms with Crippen molar-refractivity contribution in [2.75, 3.05) is 6.54 Å². The monoisotopic (exact) mass is 337 g/mol. The Bertz CT molecular complexity index is 317. The van der Waals surface area contributed by atoms with Crippen LogP contribution in [0.1, 0.15) is 51.0 Å². The van der Waals surface area contributed by atoms with E-state index in [2.05, 4.69) is 48.1 Å². The lowest BCUT2D eigenvalue weighted by atomic mass is 9.93. The number of nitrogens with one attached hydrogen (secondary N) is 1. The van der Waals surface area contributed by atoms with Crippen LogP contribution in [-0.4, -0.2) is 6.54 Å². The van der Waals surface area contributed by atoms with Crippen molar-refractivity contribution in [1.82, 2.24) is 5.32 Å². The van der Waals surface area contributed by atoms with Gasteiger partial charge >= 0.3 is 0 Å². The van der Waals surface area contributed by atoms with Crippen LogP contribution in [-0.2, 0) is 0 Å². The van der Waals surface area contributed by atoms with Gasteiger partial charge in [0.15, 0.2) is 0 Å². The molecule has 1 heterocycles. The number of rotatable bonds is 7. The van der Waals surface area contributed by atoms with E-state index in [1.54, 1.807) is 11.3 Å². The van der Waals surface area contributed by atoms with Gasteiger partial charge in [0.2, 0.25) is 0 Å². The second-order valence-electron chi connectivity index (χ2n) is 4.28. The Morgan fingerprint density at radius 1 is 1.35 bits per heavy atom. The molecule has 0 bridgehead atoms. The topological polar surface area (TPSA) is 12.0 Å². The Hall–Kier alpha value is 0.430. The van der Waals surface area contributed by atoms with Gasteiger partial charge in [0, 0.05) is 10.9 Å². The molecule has 0 spiro atoms. The summed E-state index contributed by atoms with van der Waals surface area (Å²) in [5.74, 6) is 0.683. The molecule has 17 heavy (non-hydrogen) atoms. The second kappa shape index (κ2) is 7.78. The third-order valence-corrected chi connectivity index (χ3v) is 5.66. The zero-order valence-electron chi connectivity index (χ0n) is 10.7. The van der Waals surface area contributed by atoms with Crippen molar-refractivity contribution in [1.29, 1.82) is 0 Å². The molecule has 0 aliphatic heterocycles. The first-order valence-electron chi connectivity index (χ1n) is 6.32. The minimum absolute atomic E-state index is 0.443. The molecular formula is C13H21BrClNS. The molecule has 1 aromatic rings. The summed E-state index contributed by atoms with van der Waals surface area (Å²) in [7, 11) is 0. The van der Waals surface area contributed by atoms with Crippen molar-refractivity contribution in [3.05, 3.63) is 19.8 Å². The zero-order valence-corrected chi connectivity index (χ0v) is 13.9. The number of hydrogen-bond acceptors (Lipinski definition) is 2. The summed E-state index contributed by atoms with van der Waals surface area (Å²) < 4.78 is 1.04. The Morgan fingerprint density at radius 3 is 2.41 bits per heavy atom. The Morgan fingerprint density at radius 2 is 2.00 bits per heavy atom. The van der Waals surface area contributed by atoms with E-state index in [-0.39, 0.29) is 0 Å². The zero-order chi connectivity index (χ0) is 12.8. The Kier molecular flexibility index (Phi) is 7.08. The van der Waals surface area contributed by atoms with Gasteiger partial charge in [-0.1, -0.05) is 45.2 Å². The van der Waals surface area contributed by atoms with Gasteiger partial charge in [0.05, 0.1) is 8.81 Å². The highest BCUT2D eigenvalue weighted by molar-refractivity contribution is 9.11. The first-order valence-corrected chi connectivity index (χ1v) is 8.30. The first-order chi connectivity index (χ1) is 8.13. The summed E-state index contributed by atoms with van der Waals surface area (Å²) in [5.41, 5.74) is 0. The van der Waals surface area contributed by atoms with Crippen LogP contribution in [0.15, 0.2) is 9.85 Å². The van der Waals surface area contributed by atoms with Gasteiger partial charge in [-0.3, -0.25) is 0 Å². The van der Waals surface area contributed by atoms with Crippen molar-refractivity contribution in [3.63, 3.8) is 0 Å². The van der Waals surface area contributed by atoms with Crippen molar-refractivity contribution < 1.29 is 0 Å². The minimum atomic E-state index is 0.443. The molecule has 4 heteroatoms. The van der Waals surface area contributed by atoms with Gasteiger partial charge in [-0.2, -0.15) is 0 Å². The maximum Gasteiger partial charge on any atom is 0.0887 e. The van der Waals surface area contributed by atoms with E-state index < -0.39 is 0 Å². The van der Waals surface area contributed by atoms with Crippen LogP contribution in [0.3, 0.4) is 0 Å². The largest absolute Gasteiger partial charge is 0.309 e. The molecule has 0 saturated carbocycles. The average molecular weight is 339 g/mol. The van der Waals surface area contributed by atoms with Crippen LogP contribution in [0.25, 0.3) is 0 Å². The third kappa shape index (κ3) is 4.23. The van der Waals surface area contributed by atoms with Gasteiger partial charge in [0.25, 0.3) is 0 Å². The van der Waals surface area contributed by atoms with Crippen LogP contribution >= 0.6 is 38.9 Å². The molecule has 1 aromatic heterocycles. The molecule has 0 radical (unpaired) electrons. The Balaban J connectivity index is 2.88. The van der Waals surface area contributed by atoms with Crippen molar-refractivity contribution in [3.8, 4) is 0 Å². The molecule has 1 unspecified atom stereocenters. The van der Waals surface area contributed by atoms with Crippen LogP contribution in [0.2, 0.25) is 5.02 Å². The maximum absolute atomic E-state index is 6.13. The SMILES string of the molecule is CCCNC(c1cc(Cl)c(Br)s1)C(CC)CC. The maximum atomic E-state index is 6.13. The molecule has 0 fully saturated rings. The fourth-order valence-electron chi connectivity index (χ4n) is 2.08. The van der Waals surface area contributed by atoms with Crippen molar-refractivity contribution in [2.24, 2.45) is 5.92 Å². The molecule has 1 atom stereocenters. The van der Waals surface area contributed by atoms with E-state index in [1.165, 1.54) is 17.7 Å². The van der Waals surface area contributed by atoms with E-state index in [0.29, 0.717) is 12.0 Å². The van der Waals surface area contributed by atoms with Gasteiger partial charge in [-0.15, -0.1) is 11.3 Å². The summed E-state index contributed by atoms with van der Waals surface area (Å²) in [4.78, 5) is 1.35. The average Bonchev–Trinajstić information content (AvgIpc) is 2.65. The summed E-state index contributed by atoms with van der Waals surface area (Å²) >= 11 is 11.4. The highest BCUT2D eigenvalue weighted by atomic mass is 79.9. The van der Waals surface area contributed by atoms with E-state index in [0.717, 1.165) is 21.8 Å². The van der Waals surface area contributed by atoms with Crippen LogP contribution in [0.5, 0.6) is 0 Å². The van der Waals surface area contributed by atoms with Crippen LogP contribution < -0.4 is 5.32 Å². The molecule has 98 valence electrons. The summed E-state index contributed by atoms with van der Waals surface area (Å²) in [5, 5.41) is 4.49. The molecule has 1 rings (SSSR count). The second-order valence-corrected chi connectivity index (χ2v) is 7.09. The predicted molar refractivity (Wildman–Crippen MR) is 82.1 cm³/mol. The van der Waals surface area contributed by atoms with E-state index >= 15 is 0 Å². The molecule has 0 aliphatic carbocycles. The summed E-state index contributed by atoms with van der Waals surface area (Å²) in [6.07, 6.45) is 3.56. The fraction of sp³-hybridized carbons (Fsp3) is 0.692. The van der Waals surface area contributed by atoms with Crippen LogP contribution in [0, 0.1) is 5.92 Å². The molecule has 1 N–H and O–H groups in total. The van der Waals surface area contributed by atoms with Gasteiger partial charge in [-0.05, 0) is 40.9 Å². The highest BCUT2D eigenvalue weighted by Gasteiger charge is 2.22. The number of hydrogen-bond donors (Lipinski definition) is 1. The standard InChI is InChI=1S/C13H21BrClNS/c1-4-7-16-12(9(5-2)6-3)11-8-10(15)13(14)17-11/h8-9,12,16H,4-7H2,1-3H3. The smallest absolute Gasteiger partial charge is 0.0887 e. The minimum Gasteiger partial charge on any atom is -0.309 e. The third-order valence-electron chi connectivity index (χ3n) is 3.11. The fourth-order valence-corrected chi connectivity index (χ4v) is 3.99. The lowest BCUT2D eigenvalue weighted by Gasteiger charge is -2.25. The van der Waals surface area contributed by atoms with Crippen molar-refractivity contribution in [2.45, 2.75) is 46.1 Å². The van der Waals surface area contributed by atoms with Crippen molar-refractivity contribution >= 4 is 38.9 Å². The normalized spacial score (nSPS) is 13.3. The molecular weight excluding hydrogens is 318 g/mol. The summed E-state index contributed by atoms with van der Waals surface area (Å²) in [6, 6.07) is 2.54. The summed E-state index contributed by atoms with van der Waals surface area (Å²) in [6.45, 7) is 7.79. The Labute approximate surface area is 122 Å².